The first kappa shape index (κ1) is 11.5. The van der Waals surface area contributed by atoms with Crippen LogP contribution in [-0.2, 0) is 5.75 Å². The van der Waals surface area contributed by atoms with E-state index in [1.165, 1.54) is 0 Å². The number of rotatable bonds is 5. The molecule has 78 valence electrons. The van der Waals surface area contributed by atoms with E-state index in [1.54, 1.807) is 0 Å². The third kappa shape index (κ3) is 4.07. The highest BCUT2D eigenvalue weighted by atomic mass is 32.2. The molecule has 1 nitrogen and oxygen atoms in total. The van der Waals surface area contributed by atoms with E-state index in [4.69, 9.17) is 5.11 Å². The number of benzene rings is 1. The van der Waals surface area contributed by atoms with E-state index in [0.29, 0.717) is 5.75 Å². The summed E-state index contributed by atoms with van der Waals surface area (Å²) in [4.78, 5) is 0. The first-order valence-electron chi connectivity index (χ1n) is 4.24. The lowest BCUT2D eigenvalue weighted by Gasteiger charge is -2.11. The SMILES string of the molecule is OCC(F)(F)CSCc1ccccc1. The van der Waals surface area contributed by atoms with E-state index in [9.17, 15) is 8.78 Å². The van der Waals surface area contributed by atoms with Gasteiger partial charge in [-0.1, -0.05) is 30.3 Å². The lowest BCUT2D eigenvalue weighted by atomic mass is 10.2. The minimum Gasteiger partial charge on any atom is -0.390 e. The van der Waals surface area contributed by atoms with Crippen molar-refractivity contribution < 1.29 is 13.9 Å². The Morgan fingerprint density at radius 3 is 2.43 bits per heavy atom. The van der Waals surface area contributed by atoms with Gasteiger partial charge in [-0.2, -0.15) is 11.8 Å². The fourth-order valence-corrected chi connectivity index (χ4v) is 1.86. The van der Waals surface area contributed by atoms with E-state index < -0.39 is 12.5 Å². The smallest absolute Gasteiger partial charge is 0.279 e. The van der Waals surface area contributed by atoms with Crippen LogP contribution in [0.3, 0.4) is 0 Å². The molecule has 0 heterocycles. The predicted octanol–water partition coefficient (Wildman–Crippen LogP) is 2.55. The fraction of sp³-hybridized carbons (Fsp3) is 0.400. The Morgan fingerprint density at radius 1 is 1.21 bits per heavy atom. The van der Waals surface area contributed by atoms with Crippen molar-refractivity contribution in [2.45, 2.75) is 11.7 Å². The number of alkyl halides is 2. The van der Waals surface area contributed by atoms with Crippen molar-refractivity contribution in [3.63, 3.8) is 0 Å². The number of aliphatic hydroxyl groups excluding tert-OH is 1. The van der Waals surface area contributed by atoms with Crippen LogP contribution in [0, 0.1) is 0 Å². The Hall–Kier alpha value is -0.610. The molecule has 0 unspecified atom stereocenters. The highest BCUT2D eigenvalue weighted by Crippen LogP contribution is 2.21. The van der Waals surface area contributed by atoms with E-state index in [2.05, 4.69) is 0 Å². The van der Waals surface area contributed by atoms with E-state index in [-0.39, 0.29) is 5.75 Å². The number of halogens is 2. The summed E-state index contributed by atoms with van der Waals surface area (Å²) in [6.07, 6.45) is 0. The van der Waals surface area contributed by atoms with Gasteiger partial charge in [-0.15, -0.1) is 0 Å². The molecule has 0 fully saturated rings. The minimum atomic E-state index is -2.96. The molecule has 0 aliphatic carbocycles. The zero-order chi connectivity index (χ0) is 10.4. The van der Waals surface area contributed by atoms with Gasteiger partial charge in [-0.05, 0) is 5.56 Å². The number of hydrogen-bond acceptors (Lipinski definition) is 2. The predicted molar refractivity (Wildman–Crippen MR) is 54.6 cm³/mol. The molecule has 0 bridgehead atoms. The lowest BCUT2D eigenvalue weighted by molar-refractivity contribution is -0.0276. The molecule has 0 saturated carbocycles. The zero-order valence-electron chi connectivity index (χ0n) is 7.62. The summed E-state index contributed by atoms with van der Waals surface area (Å²) in [5, 5.41) is 8.33. The lowest BCUT2D eigenvalue weighted by Crippen LogP contribution is -2.24. The van der Waals surface area contributed by atoms with Crippen LogP contribution in [0.4, 0.5) is 8.78 Å². The van der Waals surface area contributed by atoms with Crippen LogP contribution in [0.25, 0.3) is 0 Å². The van der Waals surface area contributed by atoms with Gasteiger partial charge in [-0.25, -0.2) is 8.78 Å². The molecule has 1 rings (SSSR count). The molecular weight excluding hydrogens is 206 g/mol. The van der Waals surface area contributed by atoms with Gasteiger partial charge in [0.1, 0.15) is 6.61 Å². The van der Waals surface area contributed by atoms with E-state index >= 15 is 0 Å². The molecule has 0 radical (unpaired) electrons. The second kappa shape index (κ2) is 5.32. The maximum atomic E-state index is 12.6. The molecule has 14 heavy (non-hydrogen) atoms. The molecule has 0 aromatic heterocycles. The number of hydrogen-bond donors (Lipinski definition) is 1. The quantitative estimate of drug-likeness (QED) is 0.819. The second-order valence-electron chi connectivity index (χ2n) is 2.99. The third-order valence-electron chi connectivity index (χ3n) is 1.66. The van der Waals surface area contributed by atoms with Crippen molar-refractivity contribution in [2.75, 3.05) is 12.4 Å². The van der Waals surface area contributed by atoms with Crippen LogP contribution < -0.4 is 0 Å². The van der Waals surface area contributed by atoms with Gasteiger partial charge in [0.15, 0.2) is 0 Å². The topological polar surface area (TPSA) is 20.2 Å². The highest BCUT2D eigenvalue weighted by molar-refractivity contribution is 7.98. The first-order valence-corrected chi connectivity index (χ1v) is 5.40. The molecule has 1 N–H and O–H groups in total. The summed E-state index contributed by atoms with van der Waals surface area (Å²) in [6, 6.07) is 9.42. The first-order chi connectivity index (χ1) is 6.64. The molecule has 0 aliphatic rings. The average molecular weight is 218 g/mol. The Bertz CT molecular complexity index is 264. The molecule has 1 aromatic rings. The van der Waals surface area contributed by atoms with Crippen molar-refractivity contribution in [2.24, 2.45) is 0 Å². The van der Waals surface area contributed by atoms with Crippen LogP contribution in [0.2, 0.25) is 0 Å². The molecule has 0 spiro atoms. The van der Waals surface area contributed by atoms with Crippen LogP contribution in [-0.4, -0.2) is 23.4 Å². The van der Waals surface area contributed by atoms with Crippen molar-refractivity contribution in [3.8, 4) is 0 Å². The Kier molecular flexibility index (Phi) is 4.35. The van der Waals surface area contributed by atoms with Gasteiger partial charge in [0.05, 0.1) is 5.75 Å². The Balaban J connectivity index is 2.29. The molecular formula is C10H12F2OS. The van der Waals surface area contributed by atoms with Gasteiger partial charge in [0, 0.05) is 5.75 Å². The largest absolute Gasteiger partial charge is 0.390 e. The molecule has 0 amide bonds. The van der Waals surface area contributed by atoms with Crippen LogP contribution in [0.1, 0.15) is 5.56 Å². The van der Waals surface area contributed by atoms with E-state index in [0.717, 1.165) is 17.3 Å². The molecule has 4 heteroatoms. The van der Waals surface area contributed by atoms with Gasteiger partial charge >= 0.3 is 0 Å². The third-order valence-corrected chi connectivity index (χ3v) is 2.82. The molecule has 0 atom stereocenters. The summed E-state index contributed by atoms with van der Waals surface area (Å²) in [5.74, 6) is -2.74. The molecule has 1 aromatic carbocycles. The standard InChI is InChI=1S/C10H12F2OS/c11-10(12,7-13)8-14-6-9-4-2-1-3-5-9/h1-5,13H,6-8H2. The Morgan fingerprint density at radius 2 is 1.86 bits per heavy atom. The number of thioether (sulfide) groups is 1. The van der Waals surface area contributed by atoms with Gasteiger partial charge in [-0.3, -0.25) is 0 Å². The summed E-state index contributed by atoms with van der Waals surface area (Å²) in [7, 11) is 0. The highest BCUT2D eigenvalue weighted by Gasteiger charge is 2.27. The molecule has 0 saturated heterocycles. The second-order valence-corrected chi connectivity index (χ2v) is 3.98. The average Bonchev–Trinajstić information content (AvgIpc) is 2.19. The maximum absolute atomic E-state index is 12.6. The molecule has 0 aliphatic heterocycles. The van der Waals surface area contributed by atoms with Crippen molar-refractivity contribution in [1.29, 1.82) is 0 Å². The van der Waals surface area contributed by atoms with E-state index in [1.807, 2.05) is 30.3 Å². The van der Waals surface area contributed by atoms with Gasteiger partial charge < -0.3 is 5.11 Å². The summed E-state index contributed by atoms with van der Waals surface area (Å²) in [5.41, 5.74) is 1.02. The Labute approximate surface area is 86.1 Å². The van der Waals surface area contributed by atoms with Crippen molar-refractivity contribution >= 4 is 11.8 Å². The monoisotopic (exact) mass is 218 g/mol. The van der Waals surface area contributed by atoms with Gasteiger partial charge in [0.25, 0.3) is 5.92 Å². The van der Waals surface area contributed by atoms with Crippen molar-refractivity contribution in [3.05, 3.63) is 35.9 Å². The summed E-state index contributed by atoms with van der Waals surface area (Å²) < 4.78 is 25.2. The van der Waals surface area contributed by atoms with Crippen LogP contribution >= 0.6 is 11.8 Å². The van der Waals surface area contributed by atoms with Crippen LogP contribution in [0.5, 0.6) is 0 Å². The maximum Gasteiger partial charge on any atom is 0.279 e. The van der Waals surface area contributed by atoms with Crippen LogP contribution in [0.15, 0.2) is 30.3 Å². The fourth-order valence-electron chi connectivity index (χ4n) is 0.938. The minimum absolute atomic E-state index is 0.335. The zero-order valence-corrected chi connectivity index (χ0v) is 8.44. The normalized spacial score (nSPS) is 11.6. The van der Waals surface area contributed by atoms with Crippen molar-refractivity contribution in [1.82, 2.24) is 0 Å². The summed E-state index contributed by atoms with van der Waals surface area (Å²) in [6.45, 7) is -1.07. The number of aliphatic hydroxyl groups is 1. The summed E-state index contributed by atoms with van der Waals surface area (Å²) >= 11 is 1.13. The van der Waals surface area contributed by atoms with Gasteiger partial charge in [0.2, 0.25) is 0 Å².